The zero-order valence-corrected chi connectivity index (χ0v) is 10.1. The SMILES string of the molecule is CCC(C(=O)N(OC)OC)n1cc[n+](C)c1. The van der Waals surface area contributed by atoms with Crippen LogP contribution in [0, 0.1) is 0 Å². The third kappa shape index (κ3) is 2.59. The van der Waals surface area contributed by atoms with Crippen molar-refractivity contribution in [2.45, 2.75) is 19.4 Å². The molecule has 0 fully saturated rings. The van der Waals surface area contributed by atoms with E-state index >= 15 is 0 Å². The van der Waals surface area contributed by atoms with Crippen LogP contribution >= 0.6 is 0 Å². The number of rotatable bonds is 5. The first-order valence-electron chi connectivity index (χ1n) is 5.08. The van der Waals surface area contributed by atoms with Crippen LogP contribution in [0.1, 0.15) is 19.4 Å². The van der Waals surface area contributed by atoms with E-state index in [1.54, 1.807) is 0 Å². The second-order valence-corrected chi connectivity index (χ2v) is 3.41. The highest BCUT2D eigenvalue weighted by molar-refractivity contribution is 5.78. The van der Waals surface area contributed by atoms with Crippen LogP contribution in [-0.2, 0) is 21.5 Å². The molecule has 1 amide bonds. The molecule has 0 aromatic carbocycles. The van der Waals surface area contributed by atoms with Gasteiger partial charge in [0.1, 0.15) is 12.4 Å². The van der Waals surface area contributed by atoms with E-state index in [0.29, 0.717) is 6.42 Å². The molecule has 6 nitrogen and oxygen atoms in total. The number of carbonyl (C=O) groups excluding carboxylic acids is 1. The Balaban J connectivity index is 2.85. The van der Waals surface area contributed by atoms with Gasteiger partial charge in [-0.05, 0) is 6.42 Å². The molecule has 1 unspecified atom stereocenters. The molecular weight excluding hydrogens is 210 g/mol. The quantitative estimate of drug-likeness (QED) is 0.535. The van der Waals surface area contributed by atoms with E-state index in [0.717, 1.165) is 5.23 Å². The Bertz CT molecular complexity index is 347. The maximum Gasteiger partial charge on any atom is 0.317 e. The van der Waals surface area contributed by atoms with Gasteiger partial charge in [-0.25, -0.2) is 18.8 Å². The molecule has 1 aromatic rings. The van der Waals surface area contributed by atoms with E-state index in [9.17, 15) is 4.79 Å². The van der Waals surface area contributed by atoms with Crippen molar-refractivity contribution in [3.8, 4) is 0 Å². The first-order valence-corrected chi connectivity index (χ1v) is 5.08. The Labute approximate surface area is 94.9 Å². The van der Waals surface area contributed by atoms with E-state index in [2.05, 4.69) is 0 Å². The summed E-state index contributed by atoms with van der Waals surface area (Å²) in [5.74, 6) is -0.233. The Hall–Kier alpha value is -1.40. The molecule has 1 rings (SSSR count). The lowest BCUT2D eigenvalue weighted by molar-refractivity contribution is -0.671. The van der Waals surface area contributed by atoms with Gasteiger partial charge >= 0.3 is 5.91 Å². The van der Waals surface area contributed by atoms with Crippen molar-refractivity contribution in [2.75, 3.05) is 14.2 Å². The van der Waals surface area contributed by atoms with Crippen molar-refractivity contribution < 1.29 is 19.0 Å². The summed E-state index contributed by atoms with van der Waals surface area (Å²) in [6.45, 7) is 1.94. The van der Waals surface area contributed by atoms with Gasteiger partial charge in [0, 0.05) is 0 Å². The molecule has 0 spiro atoms. The van der Waals surface area contributed by atoms with Gasteiger partial charge in [-0.2, -0.15) is 0 Å². The summed E-state index contributed by atoms with van der Waals surface area (Å²) in [5, 5.41) is 0.883. The highest BCUT2D eigenvalue weighted by Gasteiger charge is 2.29. The summed E-state index contributed by atoms with van der Waals surface area (Å²) in [7, 11) is 4.69. The minimum atomic E-state index is -0.318. The fourth-order valence-electron chi connectivity index (χ4n) is 1.54. The summed E-state index contributed by atoms with van der Waals surface area (Å²) in [6.07, 6.45) is 6.22. The molecule has 1 aromatic heterocycles. The van der Waals surface area contributed by atoms with Gasteiger partial charge in [0.05, 0.1) is 21.3 Å². The molecule has 0 aliphatic heterocycles. The van der Waals surface area contributed by atoms with E-state index in [1.165, 1.54) is 14.2 Å². The van der Waals surface area contributed by atoms with Crippen molar-refractivity contribution in [3.05, 3.63) is 18.7 Å². The van der Waals surface area contributed by atoms with Crippen LogP contribution in [0.15, 0.2) is 18.7 Å². The molecule has 1 atom stereocenters. The number of hydroxylamine groups is 2. The number of aryl methyl sites for hydroxylation is 1. The summed E-state index contributed by atoms with van der Waals surface area (Å²) in [6, 6.07) is -0.318. The van der Waals surface area contributed by atoms with Gasteiger partial charge in [-0.3, -0.25) is 4.79 Å². The smallest absolute Gasteiger partial charge is 0.265 e. The van der Waals surface area contributed by atoms with Crippen LogP contribution in [0.5, 0.6) is 0 Å². The summed E-state index contributed by atoms with van der Waals surface area (Å²) in [4.78, 5) is 21.6. The number of imidazole rings is 1. The first kappa shape index (κ1) is 12.7. The number of hydrogen-bond acceptors (Lipinski definition) is 3. The fourth-order valence-corrected chi connectivity index (χ4v) is 1.54. The molecule has 0 bridgehead atoms. The maximum absolute atomic E-state index is 12.0. The Morgan fingerprint density at radius 2 is 2.12 bits per heavy atom. The van der Waals surface area contributed by atoms with Crippen LogP contribution in [0.4, 0.5) is 0 Å². The second kappa shape index (κ2) is 5.62. The number of aromatic nitrogens is 2. The van der Waals surface area contributed by atoms with Gasteiger partial charge in [0.2, 0.25) is 6.33 Å². The van der Waals surface area contributed by atoms with Crippen LogP contribution in [0.3, 0.4) is 0 Å². The minimum Gasteiger partial charge on any atom is -0.265 e. The van der Waals surface area contributed by atoms with Crippen LogP contribution < -0.4 is 4.57 Å². The monoisotopic (exact) mass is 228 g/mol. The largest absolute Gasteiger partial charge is 0.317 e. The first-order chi connectivity index (χ1) is 7.63. The Morgan fingerprint density at radius 3 is 2.50 bits per heavy atom. The van der Waals surface area contributed by atoms with Crippen LogP contribution in [-0.4, -0.2) is 29.9 Å². The van der Waals surface area contributed by atoms with E-state index in [4.69, 9.17) is 9.68 Å². The Morgan fingerprint density at radius 1 is 1.50 bits per heavy atom. The predicted molar refractivity (Wildman–Crippen MR) is 55.8 cm³/mol. The normalized spacial score (nSPS) is 12.5. The molecule has 0 saturated heterocycles. The van der Waals surface area contributed by atoms with Crippen LogP contribution in [0.25, 0.3) is 0 Å². The summed E-state index contributed by atoms with van der Waals surface area (Å²) >= 11 is 0. The molecule has 16 heavy (non-hydrogen) atoms. The van der Waals surface area contributed by atoms with Gasteiger partial charge in [-0.1, -0.05) is 12.2 Å². The lowest BCUT2D eigenvalue weighted by atomic mass is 10.2. The molecule has 0 aliphatic carbocycles. The highest BCUT2D eigenvalue weighted by atomic mass is 16.9. The third-order valence-electron chi connectivity index (χ3n) is 2.33. The third-order valence-corrected chi connectivity index (χ3v) is 2.33. The summed E-state index contributed by atoms with van der Waals surface area (Å²) in [5.41, 5.74) is 0. The van der Waals surface area contributed by atoms with Crippen molar-refractivity contribution in [2.24, 2.45) is 7.05 Å². The zero-order chi connectivity index (χ0) is 12.1. The highest BCUT2D eigenvalue weighted by Crippen LogP contribution is 2.14. The van der Waals surface area contributed by atoms with Gasteiger partial charge < -0.3 is 0 Å². The number of carbonyl (C=O) groups is 1. The lowest BCUT2D eigenvalue weighted by Crippen LogP contribution is -2.36. The number of nitrogens with zero attached hydrogens (tertiary/aromatic N) is 3. The number of hydrogen-bond donors (Lipinski definition) is 0. The summed E-state index contributed by atoms with van der Waals surface area (Å²) < 4.78 is 3.70. The maximum atomic E-state index is 12.0. The van der Waals surface area contributed by atoms with E-state index in [-0.39, 0.29) is 11.9 Å². The molecular formula is C10H18N3O3+. The average molecular weight is 228 g/mol. The zero-order valence-electron chi connectivity index (χ0n) is 10.1. The topological polar surface area (TPSA) is 47.6 Å². The van der Waals surface area contributed by atoms with Crippen molar-refractivity contribution in [1.82, 2.24) is 9.79 Å². The molecule has 0 radical (unpaired) electrons. The number of amides is 1. The van der Waals surface area contributed by atoms with Gasteiger partial charge in [0.15, 0.2) is 6.04 Å². The fraction of sp³-hybridized carbons (Fsp3) is 0.600. The standard InChI is InChI=1S/C10H18N3O3/c1-5-9(10(14)13(15-3)16-4)12-7-6-11(2)8-12/h6-9H,5H2,1-4H3/q+1. The predicted octanol–water partition coefficient (Wildman–Crippen LogP) is 0.215. The van der Waals surface area contributed by atoms with E-state index in [1.807, 2.05) is 41.8 Å². The van der Waals surface area contributed by atoms with Crippen molar-refractivity contribution in [3.63, 3.8) is 0 Å². The second-order valence-electron chi connectivity index (χ2n) is 3.41. The molecule has 1 heterocycles. The van der Waals surface area contributed by atoms with Gasteiger partial charge in [-0.15, -0.1) is 0 Å². The van der Waals surface area contributed by atoms with Gasteiger partial charge in [0.25, 0.3) is 0 Å². The molecule has 90 valence electrons. The molecule has 0 aliphatic rings. The van der Waals surface area contributed by atoms with Crippen molar-refractivity contribution in [1.29, 1.82) is 0 Å². The van der Waals surface area contributed by atoms with Crippen molar-refractivity contribution >= 4 is 5.91 Å². The Kier molecular flexibility index (Phi) is 4.45. The lowest BCUT2D eigenvalue weighted by Gasteiger charge is -2.19. The van der Waals surface area contributed by atoms with Crippen LogP contribution in [0.2, 0.25) is 0 Å². The molecule has 0 saturated carbocycles. The minimum absolute atomic E-state index is 0.233. The molecule has 6 heteroatoms. The molecule has 0 N–H and O–H groups in total. The average Bonchev–Trinajstić information content (AvgIpc) is 2.68. The van der Waals surface area contributed by atoms with E-state index < -0.39 is 0 Å².